The first-order valence-electron chi connectivity index (χ1n) is 9.31. The number of nitrogens with one attached hydrogen (secondary N) is 2. The average molecular weight is 433 g/mol. The van der Waals surface area contributed by atoms with Crippen molar-refractivity contribution in [3.05, 3.63) is 59.8 Å². The smallest absolute Gasteiger partial charge is 0.293 e. The van der Waals surface area contributed by atoms with Gasteiger partial charge in [-0.25, -0.2) is 0 Å². The SMILES string of the molecule is CC(OC=O)c1c[nH]c2cc(N3CC(O)NS3(O)O)c(OCc3ccccc3)cc12. The standard InChI is InChI=1S/C20H23N3O6S/c1-13(29-12-24)16-9-21-17-8-18(23-10-20(25)22-30(23,26)27)19(7-15(16)17)28-11-14-5-3-2-4-6-14/h2-9,12-13,20-22,25-27H,10-11H2,1H3. The molecule has 1 aromatic heterocycles. The second-order valence-corrected chi connectivity index (χ2v) is 8.69. The summed E-state index contributed by atoms with van der Waals surface area (Å²) in [6.45, 7) is 2.40. The molecule has 3 aromatic rings. The van der Waals surface area contributed by atoms with Gasteiger partial charge in [-0.3, -0.25) is 18.2 Å². The Kier molecular flexibility index (Phi) is 5.58. The molecule has 0 saturated carbocycles. The largest absolute Gasteiger partial charge is 0.487 e. The number of H-pyrrole nitrogens is 1. The third kappa shape index (κ3) is 3.95. The zero-order chi connectivity index (χ0) is 21.3. The lowest BCUT2D eigenvalue weighted by Crippen LogP contribution is -2.26. The monoisotopic (exact) mass is 433 g/mol. The van der Waals surface area contributed by atoms with Crippen LogP contribution in [0.25, 0.3) is 10.9 Å². The summed E-state index contributed by atoms with van der Waals surface area (Å²) in [6, 6.07) is 13.1. The third-order valence-corrected chi connectivity index (χ3v) is 6.49. The summed E-state index contributed by atoms with van der Waals surface area (Å²) in [7, 11) is -3.41. The first-order valence-corrected chi connectivity index (χ1v) is 10.8. The minimum atomic E-state index is -3.41. The van der Waals surface area contributed by atoms with Gasteiger partial charge in [0.15, 0.2) is 0 Å². The number of fused-ring (bicyclic) bond motifs is 1. The fourth-order valence-electron chi connectivity index (χ4n) is 3.48. The molecule has 30 heavy (non-hydrogen) atoms. The van der Waals surface area contributed by atoms with Crippen LogP contribution >= 0.6 is 11.0 Å². The van der Waals surface area contributed by atoms with Crippen molar-refractivity contribution in [1.82, 2.24) is 9.71 Å². The van der Waals surface area contributed by atoms with Gasteiger partial charge in [0.2, 0.25) is 0 Å². The zero-order valence-electron chi connectivity index (χ0n) is 16.2. The number of hydrogen-bond acceptors (Lipinski definition) is 8. The number of aromatic nitrogens is 1. The quantitative estimate of drug-likeness (QED) is 0.359. The number of aliphatic hydroxyl groups is 1. The first-order chi connectivity index (χ1) is 14.4. The van der Waals surface area contributed by atoms with Gasteiger partial charge in [0, 0.05) is 22.7 Å². The second kappa shape index (κ2) is 8.17. The fraction of sp³-hybridized carbons (Fsp3) is 0.250. The van der Waals surface area contributed by atoms with E-state index in [0.717, 1.165) is 16.5 Å². The molecule has 0 amide bonds. The molecule has 1 aliphatic heterocycles. The van der Waals surface area contributed by atoms with Crippen molar-refractivity contribution >= 4 is 34.0 Å². The van der Waals surface area contributed by atoms with Crippen molar-refractivity contribution in [3.63, 3.8) is 0 Å². The molecule has 1 aliphatic rings. The third-order valence-electron chi connectivity index (χ3n) is 4.94. The fourth-order valence-corrected chi connectivity index (χ4v) is 4.81. The van der Waals surface area contributed by atoms with Crippen LogP contribution in [-0.2, 0) is 16.1 Å². The molecule has 4 rings (SSSR count). The molecule has 0 aliphatic carbocycles. The molecule has 0 spiro atoms. The van der Waals surface area contributed by atoms with E-state index in [2.05, 4.69) is 9.71 Å². The molecular formula is C20H23N3O6S. The maximum absolute atomic E-state index is 10.8. The summed E-state index contributed by atoms with van der Waals surface area (Å²) in [4.78, 5) is 13.9. The molecule has 2 unspecified atom stereocenters. The van der Waals surface area contributed by atoms with Crippen molar-refractivity contribution in [1.29, 1.82) is 0 Å². The molecule has 0 bridgehead atoms. The molecule has 1 saturated heterocycles. The lowest BCUT2D eigenvalue weighted by atomic mass is 10.1. The average Bonchev–Trinajstić information content (AvgIpc) is 3.25. The van der Waals surface area contributed by atoms with E-state index in [-0.39, 0.29) is 13.2 Å². The maximum Gasteiger partial charge on any atom is 0.293 e. The van der Waals surface area contributed by atoms with Crippen LogP contribution < -0.4 is 13.8 Å². The number of benzene rings is 2. The Balaban J connectivity index is 1.77. The predicted molar refractivity (Wildman–Crippen MR) is 114 cm³/mol. The lowest BCUT2D eigenvalue weighted by Gasteiger charge is -2.37. The van der Waals surface area contributed by atoms with Crippen LogP contribution in [0.1, 0.15) is 24.2 Å². The van der Waals surface area contributed by atoms with Crippen molar-refractivity contribution in [2.75, 3.05) is 10.8 Å². The van der Waals surface area contributed by atoms with Crippen molar-refractivity contribution in [2.24, 2.45) is 0 Å². The van der Waals surface area contributed by atoms with Crippen LogP contribution in [0.3, 0.4) is 0 Å². The summed E-state index contributed by atoms with van der Waals surface area (Å²) in [6.07, 6.45) is 0.172. The Hall–Kier alpha value is -2.76. The van der Waals surface area contributed by atoms with Gasteiger partial charge in [0.25, 0.3) is 6.47 Å². The Labute approximate surface area is 174 Å². The van der Waals surface area contributed by atoms with Crippen LogP contribution in [0.4, 0.5) is 5.69 Å². The number of anilines is 1. The van der Waals surface area contributed by atoms with Crippen LogP contribution in [0.5, 0.6) is 5.75 Å². The van der Waals surface area contributed by atoms with Gasteiger partial charge >= 0.3 is 0 Å². The molecule has 5 N–H and O–H groups in total. The Morgan fingerprint density at radius 1 is 1.30 bits per heavy atom. The van der Waals surface area contributed by atoms with E-state index >= 15 is 0 Å². The highest BCUT2D eigenvalue weighted by atomic mass is 32.3. The molecule has 160 valence electrons. The van der Waals surface area contributed by atoms with Gasteiger partial charge in [0.1, 0.15) is 30.4 Å². The van der Waals surface area contributed by atoms with E-state index in [9.17, 15) is 19.0 Å². The normalized spacial score (nSPS) is 20.1. The minimum Gasteiger partial charge on any atom is -0.487 e. The molecule has 2 atom stereocenters. The summed E-state index contributed by atoms with van der Waals surface area (Å²) in [5.41, 5.74) is 2.82. The predicted octanol–water partition coefficient (Wildman–Crippen LogP) is 3.29. The number of ether oxygens (including phenoxy) is 2. The van der Waals surface area contributed by atoms with Gasteiger partial charge < -0.3 is 19.6 Å². The van der Waals surface area contributed by atoms with Gasteiger partial charge in [-0.1, -0.05) is 41.3 Å². The first kappa shape index (κ1) is 20.5. The second-order valence-electron chi connectivity index (χ2n) is 6.97. The Morgan fingerprint density at radius 2 is 2.07 bits per heavy atom. The van der Waals surface area contributed by atoms with Gasteiger partial charge in [-0.05, 0) is 24.6 Å². The number of nitrogens with zero attached hydrogens (tertiary/aromatic N) is 1. The Morgan fingerprint density at radius 3 is 2.73 bits per heavy atom. The van der Waals surface area contributed by atoms with E-state index in [0.29, 0.717) is 23.4 Å². The van der Waals surface area contributed by atoms with Crippen LogP contribution in [0.15, 0.2) is 48.7 Å². The number of aliphatic hydroxyl groups excluding tert-OH is 1. The van der Waals surface area contributed by atoms with Crippen LogP contribution in [-0.4, -0.2) is 38.4 Å². The molecule has 2 aromatic carbocycles. The summed E-state index contributed by atoms with van der Waals surface area (Å²) in [5.74, 6) is 0.404. The minimum absolute atomic E-state index is 0.0201. The highest BCUT2D eigenvalue weighted by Crippen LogP contribution is 2.50. The topological polar surface area (TPSA) is 127 Å². The van der Waals surface area contributed by atoms with Crippen LogP contribution in [0, 0.1) is 0 Å². The molecular weight excluding hydrogens is 410 g/mol. The van der Waals surface area contributed by atoms with Crippen LogP contribution in [0.2, 0.25) is 0 Å². The summed E-state index contributed by atoms with van der Waals surface area (Å²) >= 11 is 0. The van der Waals surface area contributed by atoms with Gasteiger partial charge in [0.05, 0.1) is 6.54 Å². The number of aromatic amines is 1. The number of carbonyl (C=O) groups excluding carboxylic acids is 1. The highest BCUT2D eigenvalue weighted by Gasteiger charge is 2.37. The molecule has 9 nitrogen and oxygen atoms in total. The van der Waals surface area contributed by atoms with Crippen molar-refractivity contribution in [2.45, 2.75) is 25.9 Å². The Bertz CT molecular complexity index is 1040. The number of β-amino-alcohol motifs (C(OH)–C–C–N with tert-alkyl or cyclic N) is 1. The van der Waals surface area contributed by atoms with E-state index in [4.69, 9.17) is 9.47 Å². The van der Waals surface area contributed by atoms with E-state index in [1.54, 1.807) is 25.3 Å². The maximum atomic E-state index is 10.8. The number of carbonyl (C=O) groups is 1. The zero-order valence-corrected chi connectivity index (χ0v) is 17.0. The molecule has 0 radical (unpaired) electrons. The summed E-state index contributed by atoms with van der Waals surface area (Å²) in [5, 5.41) is 10.7. The number of hydrogen-bond donors (Lipinski definition) is 5. The van der Waals surface area contributed by atoms with Gasteiger partial charge in [-0.2, -0.15) is 4.72 Å². The van der Waals surface area contributed by atoms with Gasteiger partial charge in [-0.15, -0.1) is 0 Å². The van der Waals surface area contributed by atoms with Crippen molar-refractivity contribution in [3.8, 4) is 5.75 Å². The molecule has 1 fully saturated rings. The number of rotatable bonds is 7. The van der Waals surface area contributed by atoms with Crippen molar-refractivity contribution < 1.29 is 28.5 Å². The molecule has 10 heteroatoms. The molecule has 2 heterocycles. The lowest BCUT2D eigenvalue weighted by molar-refractivity contribution is -0.133. The van der Waals surface area contributed by atoms with E-state index in [1.807, 2.05) is 30.3 Å². The van der Waals surface area contributed by atoms with E-state index in [1.165, 1.54) is 4.31 Å². The highest BCUT2D eigenvalue weighted by molar-refractivity contribution is 8.24. The van der Waals surface area contributed by atoms with E-state index < -0.39 is 23.3 Å². The summed E-state index contributed by atoms with van der Waals surface area (Å²) < 4.78 is 35.6.